The Morgan fingerprint density at radius 2 is 2.14 bits per heavy atom. The van der Waals surface area contributed by atoms with Crippen molar-refractivity contribution in [2.24, 2.45) is 5.92 Å². The minimum absolute atomic E-state index is 0.0178. The number of aliphatic hydroxyl groups excluding tert-OH is 1. The van der Waals surface area contributed by atoms with E-state index in [4.69, 9.17) is 9.47 Å². The smallest absolute Gasteiger partial charge is 0.357 e. The van der Waals surface area contributed by atoms with Gasteiger partial charge in [-0.15, -0.1) is 0 Å². The van der Waals surface area contributed by atoms with Gasteiger partial charge in [0.1, 0.15) is 11.9 Å². The van der Waals surface area contributed by atoms with Crippen LogP contribution in [0.15, 0.2) is 30.8 Å². The van der Waals surface area contributed by atoms with Gasteiger partial charge >= 0.3 is 5.97 Å². The maximum Gasteiger partial charge on any atom is 0.357 e. The average molecular weight is 385 g/mol. The topological polar surface area (TPSA) is 68.7 Å². The van der Waals surface area contributed by atoms with E-state index in [0.717, 1.165) is 5.57 Å². The molecule has 2 aromatic rings. The highest BCUT2D eigenvalue weighted by molar-refractivity contribution is 5.90. The maximum atomic E-state index is 14.9. The molecule has 6 heteroatoms. The Bertz CT molecular complexity index is 925. The summed E-state index contributed by atoms with van der Waals surface area (Å²) in [5, 5.41) is 9.55. The minimum atomic E-state index is -0.603. The fourth-order valence-corrected chi connectivity index (χ4v) is 3.32. The number of carbonyl (C=O) groups is 1. The molecule has 3 rings (SSSR count). The van der Waals surface area contributed by atoms with Crippen LogP contribution in [0.4, 0.5) is 4.39 Å². The molecule has 1 aliphatic rings. The number of halogens is 1. The minimum Gasteiger partial charge on any atom is -0.471 e. The van der Waals surface area contributed by atoms with E-state index >= 15 is 0 Å². The Morgan fingerprint density at radius 1 is 1.39 bits per heavy atom. The number of aliphatic hydroxyl groups is 1. The van der Waals surface area contributed by atoms with Crippen LogP contribution in [0.3, 0.4) is 0 Å². The molecule has 28 heavy (non-hydrogen) atoms. The number of hydrogen-bond acceptors (Lipinski definition) is 5. The van der Waals surface area contributed by atoms with Crippen molar-refractivity contribution in [2.75, 3.05) is 13.2 Å². The van der Waals surface area contributed by atoms with Gasteiger partial charge in [0.25, 0.3) is 0 Å². The van der Waals surface area contributed by atoms with Gasteiger partial charge in [-0.25, -0.2) is 14.2 Å². The summed E-state index contributed by atoms with van der Waals surface area (Å²) >= 11 is 0. The number of rotatable bonds is 5. The molecule has 1 N–H and O–H groups in total. The number of esters is 1. The fraction of sp³-hybridized carbons (Fsp3) is 0.364. The Balaban J connectivity index is 2.18. The van der Waals surface area contributed by atoms with Gasteiger partial charge in [-0.3, -0.25) is 0 Å². The second-order valence-electron chi connectivity index (χ2n) is 7.05. The van der Waals surface area contributed by atoms with E-state index in [2.05, 4.69) is 11.6 Å². The van der Waals surface area contributed by atoms with Gasteiger partial charge in [0.15, 0.2) is 5.69 Å². The van der Waals surface area contributed by atoms with Gasteiger partial charge in [0, 0.05) is 11.1 Å². The maximum absolute atomic E-state index is 14.9. The number of carbonyl (C=O) groups excluding carboxylic acids is 1. The molecular formula is C22H24FNO4. The predicted molar refractivity (Wildman–Crippen MR) is 105 cm³/mol. The van der Waals surface area contributed by atoms with Crippen LogP contribution >= 0.6 is 0 Å². The first-order valence-electron chi connectivity index (χ1n) is 9.30. The van der Waals surface area contributed by atoms with Crippen LogP contribution in [0.2, 0.25) is 0 Å². The number of pyridine rings is 1. The zero-order chi connectivity index (χ0) is 20.4. The molecule has 0 amide bonds. The van der Waals surface area contributed by atoms with Gasteiger partial charge in [-0.2, -0.15) is 0 Å². The molecule has 0 bridgehead atoms. The van der Waals surface area contributed by atoms with Crippen molar-refractivity contribution in [1.82, 2.24) is 4.98 Å². The Labute approximate surface area is 163 Å². The number of fused-ring (bicyclic) bond motifs is 1. The second-order valence-corrected chi connectivity index (χ2v) is 7.05. The molecule has 0 spiro atoms. The standard InChI is InChI=1S/C22H24FNO4/c1-5-27-22(26)19-10-16(15-7-6-14(12(2)3)9-18(15)23)17-8-13(4)20(11-25)28-21(17)24-19/h6-7,9-10,13,20,25H,2,5,8,11H2,1,3-4H3/t13-,20-/m1/s1. The first-order valence-corrected chi connectivity index (χ1v) is 9.30. The van der Waals surface area contributed by atoms with Gasteiger partial charge in [-0.1, -0.05) is 31.2 Å². The molecule has 148 valence electrons. The normalized spacial score (nSPS) is 18.2. The molecule has 0 radical (unpaired) electrons. The molecule has 0 saturated heterocycles. The van der Waals surface area contributed by atoms with Gasteiger partial charge < -0.3 is 14.6 Å². The van der Waals surface area contributed by atoms with Crippen molar-refractivity contribution in [3.05, 3.63) is 53.5 Å². The van der Waals surface area contributed by atoms with Crippen LogP contribution in [0.5, 0.6) is 5.88 Å². The summed E-state index contributed by atoms with van der Waals surface area (Å²) < 4.78 is 25.8. The lowest BCUT2D eigenvalue weighted by molar-refractivity contribution is 0.0491. The molecule has 2 heterocycles. The quantitative estimate of drug-likeness (QED) is 0.787. The molecule has 1 aliphatic heterocycles. The van der Waals surface area contributed by atoms with Crippen LogP contribution < -0.4 is 4.74 Å². The van der Waals surface area contributed by atoms with E-state index in [1.165, 1.54) is 6.07 Å². The summed E-state index contributed by atoms with van der Waals surface area (Å²) in [6, 6.07) is 6.44. The number of nitrogens with zero attached hydrogens (tertiary/aromatic N) is 1. The van der Waals surface area contributed by atoms with Crippen molar-refractivity contribution in [2.45, 2.75) is 33.3 Å². The van der Waals surface area contributed by atoms with Crippen molar-refractivity contribution in [1.29, 1.82) is 0 Å². The van der Waals surface area contributed by atoms with Gasteiger partial charge in [-0.05, 0) is 49.4 Å². The third-order valence-electron chi connectivity index (χ3n) is 4.93. The van der Waals surface area contributed by atoms with Gasteiger partial charge in [0.05, 0.1) is 13.2 Å². The molecule has 0 unspecified atom stereocenters. The number of allylic oxidation sites excluding steroid dienone is 1. The molecule has 1 aromatic carbocycles. The molecule has 0 saturated carbocycles. The third-order valence-corrected chi connectivity index (χ3v) is 4.93. The highest BCUT2D eigenvalue weighted by atomic mass is 19.1. The third kappa shape index (κ3) is 3.78. The molecule has 5 nitrogen and oxygen atoms in total. The highest BCUT2D eigenvalue weighted by Gasteiger charge is 2.31. The van der Waals surface area contributed by atoms with Crippen LogP contribution in [0.1, 0.15) is 42.4 Å². The molecule has 2 atom stereocenters. The van der Waals surface area contributed by atoms with E-state index < -0.39 is 17.9 Å². The van der Waals surface area contributed by atoms with Crippen molar-refractivity contribution in [3.8, 4) is 17.0 Å². The van der Waals surface area contributed by atoms with Crippen molar-refractivity contribution < 1.29 is 23.8 Å². The lowest BCUT2D eigenvalue weighted by Gasteiger charge is -2.31. The highest BCUT2D eigenvalue weighted by Crippen LogP contribution is 2.38. The van der Waals surface area contributed by atoms with Crippen molar-refractivity contribution >= 4 is 11.5 Å². The Morgan fingerprint density at radius 3 is 2.75 bits per heavy atom. The molecular weight excluding hydrogens is 361 g/mol. The van der Waals surface area contributed by atoms with Gasteiger partial charge in [0.2, 0.25) is 5.88 Å². The summed E-state index contributed by atoms with van der Waals surface area (Å²) in [5.41, 5.74) is 3.13. The zero-order valence-corrected chi connectivity index (χ0v) is 16.3. The summed E-state index contributed by atoms with van der Waals surface area (Å²) in [4.78, 5) is 16.5. The van der Waals surface area contributed by atoms with E-state index in [9.17, 15) is 14.3 Å². The summed E-state index contributed by atoms with van der Waals surface area (Å²) in [6.45, 7) is 9.34. The second kappa shape index (κ2) is 8.10. The Hall–Kier alpha value is -2.73. The lowest BCUT2D eigenvalue weighted by atomic mass is 9.88. The first-order chi connectivity index (χ1) is 13.3. The Kier molecular flexibility index (Phi) is 5.79. The fourth-order valence-electron chi connectivity index (χ4n) is 3.32. The monoisotopic (exact) mass is 385 g/mol. The first kappa shape index (κ1) is 20.0. The number of hydrogen-bond donors (Lipinski definition) is 1. The van der Waals surface area contributed by atoms with E-state index in [1.807, 2.05) is 13.8 Å². The summed E-state index contributed by atoms with van der Waals surface area (Å²) in [7, 11) is 0. The number of ether oxygens (including phenoxy) is 2. The lowest BCUT2D eigenvalue weighted by Crippen LogP contribution is -2.35. The molecule has 1 aromatic heterocycles. The van der Waals surface area contributed by atoms with Crippen LogP contribution in [0.25, 0.3) is 16.7 Å². The van der Waals surface area contributed by atoms with Crippen LogP contribution in [0, 0.1) is 11.7 Å². The van der Waals surface area contributed by atoms with E-state index in [1.54, 1.807) is 25.1 Å². The number of benzene rings is 1. The van der Waals surface area contributed by atoms with E-state index in [0.29, 0.717) is 28.7 Å². The number of aromatic nitrogens is 1. The SMILES string of the molecule is C=C(C)c1ccc(-c2cc(C(=O)OCC)nc3c2C[C@@H](C)[C@@H](CO)O3)c(F)c1. The largest absolute Gasteiger partial charge is 0.471 e. The summed E-state index contributed by atoms with van der Waals surface area (Å²) in [5.74, 6) is -0.765. The molecule has 0 fully saturated rings. The van der Waals surface area contributed by atoms with Crippen LogP contribution in [-0.2, 0) is 11.2 Å². The van der Waals surface area contributed by atoms with Crippen LogP contribution in [-0.4, -0.2) is 35.4 Å². The zero-order valence-electron chi connectivity index (χ0n) is 16.3. The predicted octanol–water partition coefficient (Wildman–Crippen LogP) is 4.03. The van der Waals surface area contributed by atoms with E-state index in [-0.39, 0.29) is 30.7 Å². The molecule has 0 aliphatic carbocycles. The average Bonchev–Trinajstić information content (AvgIpc) is 2.67. The summed E-state index contributed by atoms with van der Waals surface area (Å²) in [6.07, 6.45) is 0.120. The van der Waals surface area contributed by atoms with Crippen molar-refractivity contribution in [3.63, 3.8) is 0 Å².